The molecule has 1 atom stereocenters. The number of fused-ring (bicyclic) bond motifs is 1. The van der Waals surface area contributed by atoms with E-state index in [1.165, 1.54) is 31.2 Å². The van der Waals surface area contributed by atoms with Gasteiger partial charge in [0.25, 0.3) is 0 Å². The molecule has 4 rings (SSSR count). The standard InChI is InChI=1S/C21H25NO2/c1-2-8-17(9-3-1)21(12-6-7-13-21)16-22-14-18-15-23-19-10-4-5-11-20(19)24-18/h1-5,8-11,18,22H,6-7,12-16H2/p+1. The zero-order valence-electron chi connectivity index (χ0n) is 14.1. The summed E-state index contributed by atoms with van der Waals surface area (Å²) in [5, 5.41) is 2.43. The molecule has 1 aliphatic carbocycles. The minimum absolute atomic E-state index is 0.133. The van der Waals surface area contributed by atoms with E-state index in [-0.39, 0.29) is 6.10 Å². The maximum Gasteiger partial charge on any atom is 0.181 e. The van der Waals surface area contributed by atoms with Gasteiger partial charge < -0.3 is 14.8 Å². The minimum Gasteiger partial charge on any atom is -0.486 e. The Morgan fingerprint density at radius 2 is 1.62 bits per heavy atom. The molecule has 1 unspecified atom stereocenters. The second kappa shape index (κ2) is 6.86. The molecule has 0 saturated heterocycles. The predicted octanol–water partition coefficient (Wildman–Crippen LogP) is 2.90. The van der Waals surface area contributed by atoms with Crippen molar-refractivity contribution in [2.24, 2.45) is 0 Å². The lowest BCUT2D eigenvalue weighted by Gasteiger charge is -2.30. The minimum atomic E-state index is 0.133. The molecule has 1 saturated carbocycles. The average Bonchev–Trinajstić information content (AvgIpc) is 3.12. The van der Waals surface area contributed by atoms with Gasteiger partial charge in [-0.15, -0.1) is 0 Å². The molecule has 2 aromatic carbocycles. The van der Waals surface area contributed by atoms with Gasteiger partial charge in [-0.2, -0.15) is 0 Å². The zero-order chi connectivity index (χ0) is 16.2. The smallest absolute Gasteiger partial charge is 0.181 e. The van der Waals surface area contributed by atoms with Crippen LogP contribution in [-0.2, 0) is 5.41 Å². The van der Waals surface area contributed by atoms with Gasteiger partial charge in [0.1, 0.15) is 13.2 Å². The molecule has 0 aromatic heterocycles. The zero-order valence-corrected chi connectivity index (χ0v) is 14.1. The summed E-state index contributed by atoms with van der Waals surface area (Å²) in [5.74, 6) is 1.74. The summed E-state index contributed by atoms with van der Waals surface area (Å²) in [6, 6.07) is 19.0. The number of nitrogens with two attached hydrogens (primary N) is 1. The maximum atomic E-state index is 6.08. The van der Waals surface area contributed by atoms with Crippen LogP contribution >= 0.6 is 0 Å². The van der Waals surface area contributed by atoms with Crippen LogP contribution in [0.15, 0.2) is 54.6 Å². The molecule has 24 heavy (non-hydrogen) atoms. The van der Waals surface area contributed by atoms with Crippen LogP contribution in [-0.4, -0.2) is 25.8 Å². The van der Waals surface area contributed by atoms with E-state index in [2.05, 4.69) is 35.6 Å². The molecule has 0 spiro atoms. The topological polar surface area (TPSA) is 35.1 Å². The third-order valence-corrected chi connectivity index (χ3v) is 5.48. The van der Waals surface area contributed by atoms with Crippen LogP contribution in [0.1, 0.15) is 31.2 Å². The van der Waals surface area contributed by atoms with Crippen molar-refractivity contribution in [3.8, 4) is 11.5 Å². The van der Waals surface area contributed by atoms with Gasteiger partial charge in [0.2, 0.25) is 0 Å². The first-order valence-electron chi connectivity index (χ1n) is 9.11. The monoisotopic (exact) mass is 324 g/mol. The van der Waals surface area contributed by atoms with E-state index in [0.29, 0.717) is 12.0 Å². The highest BCUT2D eigenvalue weighted by Gasteiger charge is 2.37. The molecule has 1 fully saturated rings. The second-order valence-electron chi connectivity index (χ2n) is 7.08. The molecular formula is C21H26NO2+. The fourth-order valence-electron chi connectivity index (χ4n) is 4.18. The van der Waals surface area contributed by atoms with E-state index in [9.17, 15) is 0 Å². The lowest BCUT2D eigenvalue weighted by Crippen LogP contribution is -2.90. The number of hydrogen-bond acceptors (Lipinski definition) is 2. The first-order chi connectivity index (χ1) is 11.9. The molecule has 1 heterocycles. The highest BCUT2D eigenvalue weighted by molar-refractivity contribution is 5.40. The molecule has 2 N–H and O–H groups in total. The summed E-state index contributed by atoms with van der Waals surface area (Å²) in [7, 11) is 0. The molecule has 0 bridgehead atoms. The highest BCUT2D eigenvalue weighted by Crippen LogP contribution is 2.39. The Bertz CT molecular complexity index is 665. The molecule has 1 aliphatic heterocycles. The van der Waals surface area contributed by atoms with Gasteiger partial charge in [0, 0.05) is 5.41 Å². The summed E-state index contributed by atoms with van der Waals surface area (Å²) >= 11 is 0. The van der Waals surface area contributed by atoms with Crippen LogP contribution < -0.4 is 14.8 Å². The summed E-state index contributed by atoms with van der Waals surface area (Å²) in [5.41, 5.74) is 1.85. The lowest BCUT2D eigenvalue weighted by atomic mass is 9.79. The highest BCUT2D eigenvalue weighted by atomic mass is 16.6. The molecule has 126 valence electrons. The molecule has 3 nitrogen and oxygen atoms in total. The number of para-hydroxylation sites is 2. The van der Waals surface area contributed by atoms with Gasteiger partial charge in [-0.25, -0.2) is 0 Å². The van der Waals surface area contributed by atoms with E-state index >= 15 is 0 Å². The van der Waals surface area contributed by atoms with Crippen molar-refractivity contribution in [1.29, 1.82) is 0 Å². The largest absolute Gasteiger partial charge is 0.486 e. The predicted molar refractivity (Wildman–Crippen MR) is 94.6 cm³/mol. The quantitative estimate of drug-likeness (QED) is 0.918. The fraction of sp³-hybridized carbons (Fsp3) is 0.429. The van der Waals surface area contributed by atoms with Crippen molar-refractivity contribution >= 4 is 0 Å². The summed E-state index contributed by atoms with van der Waals surface area (Å²) in [6.07, 6.45) is 5.43. The van der Waals surface area contributed by atoms with E-state index < -0.39 is 0 Å². The Balaban J connectivity index is 1.36. The van der Waals surface area contributed by atoms with E-state index in [4.69, 9.17) is 9.47 Å². The summed E-state index contributed by atoms with van der Waals surface area (Å²) in [6.45, 7) is 2.73. The van der Waals surface area contributed by atoms with Crippen LogP contribution in [0.25, 0.3) is 0 Å². The maximum absolute atomic E-state index is 6.08. The van der Waals surface area contributed by atoms with Crippen LogP contribution in [0.5, 0.6) is 11.5 Å². The Hall–Kier alpha value is -2.00. The summed E-state index contributed by atoms with van der Waals surface area (Å²) in [4.78, 5) is 0. The molecule has 0 amide bonds. The van der Waals surface area contributed by atoms with Crippen molar-refractivity contribution in [1.82, 2.24) is 0 Å². The number of rotatable bonds is 5. The molecule has 3 heteroatoms. The number of ether oxygens (including phenoxy) is 2. The van der Waals surface area contributed by atoms with E-state index in [0.717, 1.165) is 24.6 Å². The number of benzene rings is 2. The molecule has 2 aromatic rings. The van der Waals surface area contributed by atoms with Crippen molar-refractivity contribution in [2.75, 3.05) is 19.7 Å². The number of hydrogen-bond donors (Lipinski definition) is 1. The lowest BCUT2D eigenvalue weighted by molar-refractivity contribution is -0.667. The van der Waals surface area contributed by atoms with E-state index in [1.807, 2.05) is 24.3 Å². The van der Waals surface area contributed by atoms with Crippen molar-refractivity contribution in [3.63, 3.8) is 0 Å². The fourth-order valence-corrected chi connectivity index (χ4v) is 4.18. The number of quaternary nitrogens is 1. The molecular weight excluding hydrogens is 298 g/mol. The van der Waals surface area contributed by atoms with Crippen molar-refractivity contribution < 1.29 is 14.8 Å². The van der Waals surface area contributed by atoms with Crippen LogP contribution in [0.2, 0.25) is 0 Å². The normalized spacial score (nSPS) is 21.6. The molecule has 2 aliphatic rings. The summed E-state index contributed by atoms with van der Waals surface area (Å²) < 4.78 is 11.9. The van der Waals surface area contributed by atoms with Crippen LogP contribution in [0.4, 0.5) is 0 Å². The third kappa shape index (κ3) is 3.13. The van der Waals surface area contributed by atoms with Gasteiger partial charge in [-0.05, 0) is 30.5 Å². The van der Waals surface area contributed by atoms with Gasteiger partial charge in [-0.1, -0.05) is 55.3 Å². The molecule has 0 radical (unpaired) electrons. The first kappa shape index (κ1) is 15.5. The van der Waals surface area contributed by atoms with Gasteiger partial charge in [0.05, 0.1) is 6.54 Å². The third-order valence-electron chi connectivity index (χ3n) is 5.48. The first-order valence-corrected chi connectivity index (χ1v) is 9.11. The van der Waals surface area contributed by atoms with E-state index in [1.54, 1.807) is 0 Å². The second-order valence-corrected chi connectivity index (χ2v) is 7.08. The SMILES string of the molecule is c1ccc(C2(C[NH2+]CC3COc4ccccc4O3)CCCC2)cc1. The van der Waals surface area contributed by atoms with Crippen molar-refractivity contribution in [3.05, 3.63) is 60.2 Å². The average molecular weight is 324 g/mol. The van der Waals surface area contributed by atoms with Crippen LogP contribution in [0, 0.1) is 0 Å². The Morgan fingerprint density at radius 3 is 2.42 bits per heavy atom. The Morgan fingerprint density at radius 1 is 0.917 bits per heavy atom. The Kier molecular flexibility index (Phi) is 4.44. The van der Waals surface area contributed by atoms with Gasteiger partial charge in [0.15, 0.2) is 17.6 Å². The Labute approximate surface area is 144 Å². The van der Waals surface area contributed by atoms with Crippen molar-refractivity contribution in [2.45, 2.75) is 37.2 Å². The van der Waals surface area contributed by atoms with Crippen LogP contribution in [0.3, 0.4) is 0 Å². The van der Waals surface area contributed by atoms with Gasteiger partial charge >= 0.3 is 0 Å². The van der Waals surface area contributed by atoms with Gasteiger partial charge in [-0.3, -0.25) is 0 Å².